The van der Waals surface area contributed by atoms with Crippen LogP contribution in [0, 0.1) is 6.92 Å². The first kappa shape index (κ1) is 9.68. The fourth-order valence-electron chi connectivity index (χ4n) is 1.37. The van der Waals surface area contributed by atoms with Gasteiger partial charge in [-0.3, -0.25) is 4.79 Å². The maximum atomic E-state index is 11.7. The Bertz CT molecular complexity index is 355. The van der Waals surface area contributed by atoms with E-state index in [2.05, 4.69) is 5.32 Å². The Hall–Kier alpha value is -0.870. The van der Waals surface area contributed by atoms with Gasteiger partial charge >= 0.3 is 0 Å². The molecule has 1 aromatic heterocycles. The molecule has 0 radical (unpaired) electrons. The molecule has 76 valence electrons. The summed E-state index contributed by atoms with van der Waals surface area (Å²) >= 11 is 1.53. The highest BCUT2D eigenvalue weighted by molar-refractivity contribution is 7.08. The van der Waals surface area contributed by atoms with Gasteiger partial charge in [-0.1, -0.05) is 0 Å². The second-order valence-corrected chi connectivity index (χ2v) is 4.60. The number of aliphatic hydroxyl groups is 1. The van der Waals surface area contributed by atoms with E-state index in [4.69, 9.17) is 5.11 Å². The zero-order chi connectivity index (χ0) is 10.2. The quantitative estimate of drug-likeness (QED) is 0.792. The zero-order valence-electron chi connectivity index (χ0n) is 8.04. The molecule has 4 heteroatoms. The van der Waals surface area contributed by atoms with Crippen LogP contribution in [0.3, 0.4) is 0 Å². The minimum atomic E-state index is -0.314. The van der Waals surface area contributed by atoms with Crippen molar-refractivity contribution in [3.63, 3.8) is 0 Å². The Morgan fingerprint density at radius 1 is 1.64 bits per heavy atom. The fraction of sp³-hybridized carbons (Fsp3) is 0.500. The SMILES string of the molecule is Cc1cscc1C(=O)NC1(CO)CC1. The summed E-state index contributed by atoms with van der Waals surface area (Å²) in [7, 11) is 0. The third-order valence-corrected chi connectivity index (χ3v) is 3.50. The first-order valence-electron chi connectivity index (χ1n) is 4.63. The lowest BCUT2D eigenvalue weighted by Gasteiger charge is -2.13. The molecule has 1 saturated carbocycles. The highest BCUT2D eigenvalue weighted by Gasteiger charge is 2.43. The summed E-state index contributed by atoms with van der Waals surface area (Å²) in [6.45, 7) is 1.96. The molecule has 1 fully saturated rings. The van der Waals surface area contributed by atoms with Crippen LogP contribution in [0.25, 0.3) is 0 Å². The number of rotatable bonds is 3. The molecule has 0 atom stereocenters. The van der Waals surface area contributed by atoms with Crippen molar-refractivity contribution in [2.45, 2.75) is 25.3 Å². The Balaban J connectivity index is 2.07. The molecule has 1 aromatic rings. The van der Waals surface area contributed by atoms with Gasteiger partial charge in [-0.25, -0.2) is 0 Å². The Labute approximate surface area is 86.8 Å². The molecule has 0 aliphatic heterocycles. The lowest BCUT2D eigenvalue weighted by atomic mass is 10.2. The van der Waals surface area contributed by atoms with Crippen molar-refractivity contribution in [2.75, 3.05) is 6.61 Å². The Morgan fingerprint density at radius 3 is 2.79 bits per heavy atom. The van der Waals surface area contributed by atoms with E-state index in [1.54, 1.807) is 0 Å². The predicted octanol–water partition coefficient (Wildman–Crippen LogP) is 1.31. The van der Waals surface area contributed by atoms with E-state index in [1.807, 2.05) is 17.7 Å². The number of thiophene rings is 1. The highest BCUT2D eigenvalue weighted by Crippen LogP contribution is 2.35. The van der Waals surface area contributed by atoms with Gasteiger partial charge in [-0.05, 0) is 30.7 Å². The molecular formula is C10H13NO2S. The van der Waals surface area contributed by atoms with Gasteiger partial charge in [-0.2, -0.15) is 11.3 Å². The number of carbonyl (C=O) groups is 1. The molecule has 1 aliphatic rings. The number of aliphatic hydroxyl groups excluding tert-OH is 1. The molecule has 1 heterocycles. The van der Waals surface area contributed by atoms with Crippen LogP contribution in [0.1, 0.15) is 28.8 Å². The van der Waals surface area contributed by atoms with Crippen molar-refractivity contribution in [1.29, 1.82) is 0 Å². The van der Waals surface area contributed by atoms with Crippen LogP contribution < -0.4 is 5.32 Å². The van der Waals surface area contributed by atoms with Crippen LogP contribution >= 0.6 is 11.3 Å². The molecule has 0 aromatic carbocycles. The van der Waals surface area contributed by atoms with E-state index >= 15 is 0 Å². The summed E-state index contributed by atoms with van der Waals surface area (Å²) in [5.74, 6) is -0.0599. The van der Waals surface area contributed by atoms with E-state index in [0.29, 0.717) is 0 Å². The molecule has 0 spiro atoms. The second-order valence-electron chi connectivity index (χ2n) is 3.86. The van der Waals surface area contributed by atoms with E-state index in [1.165, 1.54) is 11.3 Å². The fourth-order valence-corrected chi connectivity index (χ4v) is 2.20. The molecule has 3 nitrogen and oxygen atoms in total. The van der Waals surface area contributed by atoms with Crippen LogP contribution in [0.15, 0.2) is 10.8 Å². The van der Waals surface area contributed by atoms with Crippen molar-refractivity contribution < 1.29 is 9.90 Å². The van der Waals surface area contributed by atoms with Gasteiger partial charge in [0.25, 0.3) is 5.91 Å². The molecule has 0 saturated heterocycles. The summed E-state index contributed by atoms with van der Waals surface area (Å²) in [6.07, 6.45) is 1.77. The molecule has 2 N–H and O–H groups in total. The minimum Gasteiger partial charge on any atom is -0.394 e. The average molecular weight is 211 g/mol. The van der Waals surface area contributed by atoms with Crippen LogP contribution in [-0.4, -0.2) is 23.2 Å². The molecule has 0 bridgehead atoms. The standard InChI is InChI=1S/C10H13NO2S/c1-7-4-14-5-8(7)9(13)11-10(6-12)2-3-10/h4-5,12H,2-3,6H2,1H3,(H,11,13). The molecule has 1 aliphatic carbocycles. The maximum absolute atomic E-state index is 11.7. The molecule has 2 rings (SSSR count). The van der Waals surface area contributed by atoms with E-state index in [9.17, 15) is 4.79 Å². The lowest BCUT2D eigenvalue weighted by Crippen LogP contribution is -2.39. The minimum absolute atomic E-state index is 0.0436. The summed E-state index contributed by atoms with van der Waals surface area (Å²) in [4.78, 5) is 11.7. The van der Waals surface area contributed by atoms with Crippen LogP contribution in [-0.2, 0) is 0 Å². The van der Waals surface area contributed by atoms with Gasteiger partial charge < -0.3 is 10.4 Å². The van der Waals surface area contributed by atoms with Gasteiger partial charge in [0.15, 0.2) is 0 Å². The number of carbonyl (C=O) groups excluding carboxylic acids is 1. The summed E-state index contributed by atoms with van der Waals surface area (Å²) < 4.78 is 0. The number of hydrogen-bond acceptors (Lipinski definition) is 3. The van der Waals surface area contributed by atoms with Gasteiger partial charge in [0, 0.05) is 5.38 Å². The lowest BCUT2D eigenvalue weighted by molar-refractivity contribution is 0.0906. The highest BCUT2D eigenvalue weighted by atomic mass is 32.1. The van der Waals surface area contributed by atoms with Crippen molar-refractivity contribution in [3.8, 4) is 0 Å². The molecule has 1 amide bonds. The maximum Gasteiger partial charge on any atom is 0.252 e. The topological polar surface area (TPSA) is 49.3 Å². The van der Waals surface area contributed by atoms with Crippen molar-refractivity contribution in [2.24, 2.45) is 0 Å². The van der Waals surface area contributed by atoms with Gasteiger partial charge in [0.05, 0.1) is 17.7 Å². The van der Waals surface area contributed by atoms with Gasteiger partial charge in [0.2, 0.25) is 0 Å². The second kappa shape index (κ2) is 3.37. The molecule has 0 unspecified atom stereocenters. The predicted molar refractivity (Wildman–Crippen MR) is 55.6 cm³/mol. The molecular weight excluding hydrogens is 198 g/mol. The van der Waals surface area contributed by atoms with E-state index < -0.39 is 0 Å². The Kier molecular flexibility index (Phi) is 2.33. The van der Waals surface area contributed by atoms with E-state index in [0.717, 1.165) is 24.0 Å². The largest absolute Gasteiger partial charge is 0.394 e. The third-order valence-electron chi connectivity index (χ3n) is 2.64. The first-order valence-corrected chi connectivity index (χ1v) is 5.57. The van der Waals surface area contributed by atoms with Gasteiger partial charge in [0.1, 0.15) is 0 Å². The van der Waals surface area contributed by atoms with E-state index in [-0.39, 0.29) is 18.1 Å². The first-order chi connectivity index (χ1) is 6.67. The van der Waals surface area contributed by atoms with Gasteiger partial charge in [-0.15, -0.1) is 0 Å². The van der Waals surface area contributed by atoms with Crippen LogP contribution in [0.2, 0.25) is 0 Å². The van der Waals surface area contributed by atoms with Crippen molar-refractivity contribution in [3.05, 3.63) is 21.9 Å². The summed E-state index contributed by atoms with van der Waals surface area (Å²) in [6, 6.07) is 0. The Morgan fingerprint density at radius 2 is 2.36 bits per heavy atom. The number of amides is 1. The average Bonchev–Trinajstić information content (AvgIpc) is 2.80. The van der Waals surface area contributed by atoms with Crippen LogP contribution in [0.4, 0.5) is 0 Å². The number of aryl methyl sites for hydroxylation is 1. The summed E-state index contributed by atoms with van der Waals surface area (Å²) in [5.41, 5.74) is 1.42. The summed E-state index contributed by atoms with van der Waals surface area (Å²) in [5, 5.41) is 15.7. The zero-order valence-corrected chi connectivity index (χ0v) is 8.86. The molecule has 14 heavy (non-hydrogen) atoms. The smallest absolute Gasteiger partial charge is 0.252 e. The monoisotopic (exact) mass is 211 g/mol. The van der Waals surface area contributed by atoms with Crippen LogP contribution in [0.5, 0.6) is 0 Å². The van der Waals surface area contributed by atoms with Crippen molar-refractivity contribution in [1.82, 2.24) is 5.32 Å². The number of hydrogen-bond donors (Lipinski definition) is 2. The number of nitrogens with one attached hydrogen (secondary N) is 1. The normalized spacial score (nSPS) is 17.9. The third kappa shape index (κ3) is 1.67. The van der Waals surface area contributed by atoms with Crippen molar-refractivity contribution >= 4 is 17.2 Å².